The SMILES string of the molecule is COc1ccccc1NC(=O)N[C@H]1CC[C@H](CCNS(=O)(=O)c2ccccc2)O[C@@H]1CO. The molecule has 3 atom stereocenters. The number of aliphatic hydroxyl groups is 1. The van der Waals surface area contributed by atoms with E-state index in [0.29, 0.717) is 30.7 Å². The standard InChI is InChI=1S/C22H29N3O6S/c1-30-20-10-6-5-9-18(20)24-22(27)25-19-12-11-16(31-21(19)15-26)13-14-23-32(28,29)17-7-3-2-4-8-17/h2-10,16,19,21,23,26H,11-15H2,1H3,(H2,24,25,27)/t16-,19+,21-/m1/s1. The number of carbonyl (C=O) groups is 1. The van der Waals surface area contributed by atoms with E-state index in [2.05, 4.69) is 15.4 Å². The van der Waals surface area contributed by atoms with Crippen LogP contribution < -0.4 is 20.1 Å². The van der Waals surface area contributed by atoms with Crippen molar-refractivity contribution in [2.24, 2.45) is 0 Å². The molecular formula is C22H29N3O6S. The summed E-state index contributed by atoms with van der Waals surface area (Å²) in [7, 11) is -2.05. The number of ether oxygens (including phenoxy) is 2. The highest BCUT2D eigenvalue weighted by Crippen LogP contribution is 2.24. The Balaban J connectivity index is 1.47. The van der Waals surface area contributed by atoms with Crippen LogP contribution in [-0.2, 0) is 14.8 Å². The minimum absolute atomic E-state index is 0.211. The molecule has 1 heterocycles. The molecule has 10 heteroatoms. The van der Waals surface area contributed by atoms with E-state index in [0.717, 1.165) is 0 Å². The van der Waals surface area contributed by atoms with E-state index in [1.807, 2.05) is 0 Å². The average molecular weight is 464 g/mol. The Labute approximate surface area is 188 Å². The minimum Gasteiger partial charge on any atom is -0.495 e. The van der Waals surface area contributed by atoms with Crippen LogP contribution in [0.25, 0.3) is 0 Å². The van der Waals surface area contributed by atoms with Crippen LogP contribution in [0.4, 0.5) is 10.5 Å². The lowest BCUT2D eigenvalue weighted by molar-refractivity contribution is -0.0884. The molecule has 0 aliphatic carbocycles. The molecule has 9 nitrogen and oxygen atoms in total. The molecule has 174 valence electrons. The zero-order valence-corrected chi connectivity index (χ0v) is 18.7. The van der Waals surface area contributed by atoms with Crippen LogP contribution >= 0.6 is 0 Å². The Morgan fingerprint density at radius 3 is 2.56 bits per heavy atom. The molecular weight excluding hydrogens is 434 g/mol. The molecule has 2 aromatic rings. The molecule has 0 spiro atoms. The predicted molar refractivity (Wildman–Crippen MR) is 120 cm³/mol. The van der Waals surface area contributed by atoms with Gasteiger partial charge >= 0.3 is 6.03 Å². The highest BCUT2D eigenvalue weighted by atomic mass is 32.2. The number of urea groups is 1. The van der Waals surface area contributed by atoms with Crippen molar-refractivity contribution in [3.63, 3.8) is 0 Å². The van der Waals surface area contributed by atoms with Gasteiger partial charge in [-0.15, -0.1) is 0 Å². The molecule has 2 amide bonds. The first-order valence-corrected chi connectivity index (χ1v) is 11.9. The molecule has 1 aliphatic heterocycles. The maximum atomic E-state index is 12.4. The number of hydrogen-bond acceptors (Lipinski definition) is 6. The number of sulfonamides is 1. The van der Waals surface area contributed by atoms with Gasteiger partial charge in [-0.1, -0.05) is 30.3 Å². The molecule has 32 heavy (non-hydrogen) atoms. The summed E-state index contributed by atoms with van der Waals surface area (Å²) in [4.78, 5) is 12.6. The van der Waals surface area contributed by atoms with E-state index in [9.17, 15) is 18.3 Å². The van der Waals surface area contributed by atoms with Gasteiger partial charge in [-0.05, 0) is 43.5 Å². The van der Waals surface area contributed by atoms with Crippen molar-refractivity contribution in [3.8, 4) is 5.75 Å². The summed E-state index contributed by atoms with van der Waals surface area (Å²) in [5.74, 6) is 0.541. The van der Waals surface area contributed by atoms with E-state index >= 15 is 0 Å². The van der Waals surface area contributed by atoms with Crippen LogP contribution in [-0.4, -0.2) is 58.1 Å². The molecule has 1 aliphatic rings. The largest absolute Gasteiger partial charge is 0.495 e. The Morgan fingerprint density at radius 1 is 1.12 bits per heavy atom. The van der Waals surface area contributed by atoms with Crippen molar-refractivity contribution in [2.75, 3.05) is 25.6 Å². The average Bonchev–Trinajstić information content (AvgIpc) is 2.80. The molecule has 0 radical (unpaired) electrons. The third-order valence-electron chi connectivity index (χ3n) is 5.28. The lowest BCUT2D eigenvalue weighted by Gasteiger charge is -2.36. The van der Waals surface area contributed by atoms with Gasteiger partial charge in [0, 0.05) is 6.54 Å². The second kappa shape index (κ2) is 11.3. The molecule has 0 bridgehead atoms. The summed E-state index contributed by atoms with van der Waals surface area (Å²) in [5.41, 5.74) is 0.536. The Hall–Kier alpha value is -2.66. The van der Waals surface area contributed by atoms with Gasteiger partial charge in [0.15, 0.2) is 0 Å². The number of para-hydroxylation sites is 2. The lowest BCUT2D eigenvalue weighted by atomic mass is 9.97. The smallest absolute Gasteiger partial charge is 0.319 e. The van der Waals surface area contributed by atoms with Crippen LogP contribution in [0.3, 0.4) is 0 Å². The maximum Gasteiger partial charge on any atom is 0.319 e. The predicted octanol–water partition coefficient (Wildman–Crippen LogP) is 2.09. The number of nitrogens with one attached hydrogen (secondary N) is 3. The molecule has 1 fully saturated rings. The van der Waals surface area contributed by atoms with Gasteiger partial charge in [-0.3, -0.25) is 0 Å². The lowest BCUT2D eigenvalue weighted by Crippen LogP contribution is -2.52. The number of amides is 2. The van der Waals surface area contributed by atoms with Crippen LogP contribution in [0, 0.1) is 0 Å². The third-order valence-corrected chi connectivity index (χ3v) is 6.76. The van der Waals surface area contributed by atoms with Crippen molar-refractivity contribution in [1.29, 1.82) is 0 Å². The fourth-order valence-corrected chi connectivity index (χ4v) is 4.69. The van der Waals surface area contributed by atoms with Gasteiger partial charge in [0.05, 0.1) is 36.4 Å². The first kappa shape index (κ1) is 24.0. The molecule has 0 unspecified atom stereocenters. The minimum atomic E-state index is -3.57. The summed E-state index contributed by atoms with van der Waals surface area (Å²) in [5, 5.41) is 15.3. The van der Waals surface area contributed by atoms with Crippen LogP contribution in [0.2, 0.25) is 0 Å². The van der Waals surface area contributed by atoms with Crippen LogP contribution in [0.1, 0.15) is 19.3 Å². The van der Waals surface area contributed by atoms with Crippen molar-refractivity contribution >= 4 is 21.7 Å². The van der Waals surface area contributed by atoms with Crippen molar-refractivity contribution < 1.29 is 27.8 Å². The van der Waals surface area contributed by atoms with Gasteiger partial charge in [0.2, 0.25) is 10.0 Å². The van der Waals surface area contributed by atoms with Gasteiger partial charge < -0.3 is 25.2 Å². The maximum absolute atomic E-state index is 12.4. The molecule has 0 aromatic heterocycles. The summed E-state index contributed by atoms with van der Waals surface area (Å²) in [6.07, 6.45) is 0.885. The molecule has 1 saturated heterocycles. The molecule has 4 N–H and O–H groups in total. The number of rotatable bonds is 9. The monoisotopic (exact) mass is 463 g/mol. The second-order valence-corrected chi connectivity index (χ2v) is 9.23. The Morgan fingerprint density at radius 2 is 1.84 bits per heavy atom. The van der Waals surface area contributed by atoms with Crippen molar-refractivity contribution in [1.82, 2.24) is 10.0 Å². The molecule has 2 aromatic carbocycles. The Bertz CT molecular complexity index is 986. The quantitative estimate of drug-likeness (QED) is 0.451. The first-order chi connectivity index (χ1) is 15.4. The van der Waals surface area contributed by atoms with E-state index in [1.54, 1.807) is 42.5 Å². The fourth-order valence-electron chi connectivity index (χ4n) is 3.62. The van der Waals surface area contributed by atoms with E-state index in [-0.39, 0.29) is 30.2 Å². The van der Waals surface area contributed by atoms with Gasteiger partial charge in [0.25, 0.3) is 0 Å². The number of carbonyl (C=O) groups excluding carboxylic acids is 1. The second-order valence-electron chi connectivity index (χ2n) is 7.46. The number of aliphatic hydroxyl groups excluding tert-OH is 1. The normalized spacial score (nSPS) is 21.0. The topological polar surface area (TPSA) is 126 Å². The Kier molecular flexibility index (Phi) is 8.46. The van der Waals surface area contributed by atoms with E-state index in [4.69, 9.17) is 9.47 Å². The zero-order valence-electron chi connectivity index (χ0n) is 17.9. The van der Waals surface area contributed by atoms with E-state index < -0.39 is 22.2 Å². The number of benzene rings is 2. The van der Waals surface area contributed by atoms with Crippen LogP contribution in [0.5, 0.6) is 5.75 Å². The number of hydrogen-bond donors (Lipinski definition) is 4. The highest BCUT2D eigenvalue weighted by Gasteiger charge is 2.32. The molecule has 0 saturated carbocycles. The summed E-state index contributed by atoms with van der Waals surface area (Å²) >= 11 is 0. The third kappa shape index (κ3) is 6.42. The zero-order chi connectivity index (χ0) is 23.0. The summed E-state index contributed by atoms with van der Waals surface area (Å²) in [6, 6.07) is 14.4. The highest BCUT2D eigenvalue weighted by molar-refractivity contribution is 7.89. The summed E-state index contributed by atoms with van der Waals surface area (Å²) < 4.78 is 38.3. The van der Waals surface area contributed by atoms with Crippen molar-refractivity contribution in [2.45, 2.75) is 42.4 Å². The van der Waals surface area contributed by atoms with Gasteiger partial charge in [-0.25, -0.2) is 17.9 Å². The van der Waals surface area contributed by atoms with E-state index in [1.165, 1.54) is 19.2 Å². The first-order valence-electron chi connectivity index (χ1n) is 10.4. The van der Waals surface area contributed by atoms with Gasteiger partial charge in [-0.2, -0.15) is 0 Å². The van der Waals surface area contributed by atoms with Gasteiger partial charge in [0.1, 0.15) is 11.9 Å². The van der Waals surface area contributed by atoms with Crippen molar-refractivity contribution in [3.05, 3.63) is 54.6 Å². The molecule has 3 rings (SSSR count). The number of anilines is 1. The summed E-state index contributed by atoms with van der Waals surface area (Å²) in [6.45, 7) is -0.0434. The fraction of sp³-hybridized carbons (Fsp3) is 0.409. The van der Waals surface area contributed by atoms with Crippen LogP contribution in [0.15, 0.2) is 59.5 Å². The number of methoxy groups -OCH3 is 1.